The fourth-order valence-electron chi connectivity index (χ4n) is 2.68. The molecule has 2 aromatic rings. The van der Waals surface area contributed by atoms with Crippen molar-refractivity contribution in [2.45, 2.75) is 52.1 Å². The minimum Gasteiger partial charge on any atom is -0.494 e. The van der Waals surface area contributed by atoms with Gasteiger partial charge in [-0.2, -0.15) is 0 Å². The number of rotatable bonds is 12. The number of anilines is 1. The minimum absolute atomic E-state index is 0.0492. The summed E-state index contributed by atoms with van der Waals surface area (Å²) in [5.74, 6) is 1.53. The molecule has 3 nitrogen and oxygen atoms in total. The lowest BCUT2D eigenvalue weighted by Crippen LogP contribution is -2.22. The molecule has 0 saturated carbocycles. The Hall–Kier alpha value is -1.58. The third-order valence-corrected chi connectivity index (χ3v) is 4.70. The summed E-state index contributed by atoms with van der Waals surface area (Å²) in [6.45, 7) is 5.64. The lowest BCUT2D eigenvalue weighted by molar-refractivity contribution is 0.235. The Balaban J connectivity index is 1.75. The molecule has 0 aliphatic carbocycles. The summed E-state index contributed by atoms with van der Waals surface area (Å²) in [6.07, 6.45) is 6.14. The molecular weight excluding hydrogens is 381 g/mol. The third kappa shape index (κ3) is 8.32. The van der Waals surface area contributed by atoms with Crippen LogP contribution in [-0.2, 0) is 0 Å². The van der Waals surface area contributed by atoms with Crippen LogP contribution < -0.4 is 14.8 Å². The highest BCUT2D eigenvalue weighted by Gasteiger charge is 2.08. The molecule has 2 rings (SSSR count). The molecule has 148 valence electrons. The summed E-state index contributed by atoms with van der Waals surface area (Å²) < 4.78 is 11.7. The SMILES string of the molecule is CCCCCCCOc1cccc(NCC(C)Oc2ccc(Cl)cc2Cl)c1. The van der Waals surface area contributed by atoms with Crippen molar-refractivity contribution < 1.29 is 9.47 Å². The van der Waals surface area contributed by atoms with Crippen molar-refractivity contribution in [1.29, 1.82) is 0 Å². The Morgan fingerprint density at radius 1 is 1.00 bits per heavy atom. The maximum atomic E-state index is 6.15. The summed E-state index contributed by atoms with van der Waals surface area (Å²) in [7, 11) is 0. The average Bonchev–Trinajstić information content (AvgIpc) is 2.65. The van der Waals surface area contributed by atoms with E-state index in [9.17, 15) is 0 Å². The molecule has 0 fully saturated rings. The summed E-state index contributed by atoms with van der Waals surface area (Å²) in [5, 5.41) is 4.49. The van der Waals surface area contributed by atoms with Crippen LogP contribution in [0.25, 0.3) is 0 Å². The van der Waals surface area contributed by atoms with Crippen LogP contribution in [0.1, 0.15) is 46.0 Å². The van der Waals surface area contributed by atoms with Gasteiger partial charge in [0.1, 0.15) is 17.6 Å². The van der Waals surface area contributed by atoms with E-state index in [2.05, 4.69) is 12.2 Å². The van der Waals surface area contributed by atoms with Gasteiger partial charge in [0, 0.05) is 16.8 Å². The standard InChI is InChI=1S/C22H29Cl2NO2/c1-3-4-5-6-7-13-26-20-10-8-9-19(15-20)25-16-17(2)27-22-12-11-18(23)14-21(22)24/h8-12,14-15,17,25H,3-7,13,16H2,1-2H3. The molecule has 1 unspecified atom stereocenters. The second kappa shape index (κ2) is 12.0. The van der Waals surface area contributed by atoms with E-state index in [0.717, 1.165) is 24.5 Å². The molecule has 0 aromatic heterocycles. The second-order valence-electron chi connectivity index (χ2n) is 6.67. The first-order chi connectivity index (χ1) is 13.1. The van der Waals surface area contributed by atoms with Crippen LogP contribution in [0.5, 0.6) is 11.5 Å². The van der Waals surface area contributed by atoms with Gasteiger partial charge in [-0.25, -0.2) is 0 Å². The zero-order valence-electron chi connectivity index (χ0n) is 16.1. The van der Waals surface area contributed by atoms with Gasteiger partial charge in [0.25, 0.3) is 0 Å². The van der Waals surface area contributed by atoms with Crippen molar-refractivity contribution in [1.82, 2.24) is 0 Å². The molecule has 0 saturated heterocycles. The molecule has 0 spiro atoms. The molecule has 0 amide bonds. The van der Waals surface area contributed by atoms with Crippen molar-refractivity contribution in [3.63, 3.8) is 0 Å². The van der Waals surface area contributed by atoms with Crippen molar-refractivity contribution >= 4 is 28.9 Å². The van der Waals surface area contributed by atoms with Gasteiger partial charge >= 0.3 is 0 Å². The molecule has 0 aliphatic heterocycles. The smallest absolute Gasteiger partial charge is 0.138 e. The Morgan fingerprint density at radius 3 is 2.59 bits per heavy atom. The third-order valence-electron chi connectivity index (χ3n) is 4.17. The minimum atomic E-state index is -0.0492. The van der Waals surface area contributed by atoms with Gasteiger partial charge in [-0.15, -0.1) is 0 Å². The van der Waals surface area contributed by atoms with Crippen LogP contribution in [0.15, 0.2) is 42.5 Å². The van der Waals surface area contributed by atoms with Crippen LogP contribution in [0.4, 0.5) is 5.69 Å². The lowest BCUT2D eigenvalue weighted by Gasteiger charge is -2.17. The second-order valence-corrected chi connectivity index (χ2v) is 7.52. The molecule has 0 radical (unpaired) electrons. The van der Waals surface area contributed by atoms with Gasteiger partial charge in [0.2, 0.25) is 0 Å². The van der Waals surface area contributed by atoms with Crippen molar-refractivity contribution in [2.75, 3.05) is 18.5 Å². The number of hydrogen-bond donors (Lipinski definition) is 1. The molecule has 27 heavy (non-hydrogen) atoms. The first-order valence-corrected chi connectivity index (χ1v) is 10.4. The van der Waals surface area contributed by atoms with Gasteiger partial charge in [-0.1, -0.05) is 61.9 Å². The maximum absolute atomic E-state index is 6.15. The maximum Gasteiger partial charge on any atom is 0.138 e. The number of unbranched alkanes of at least 4 members (excludes halogenated alkanes) is 4. The predicted molar refractivity (Wildman–Crippen MR) is 116 cm³/mol. The highest BCUT2D eigenvalue weighted by Crippen LogP contribution is 2.28. The highest BCUT2D eigenvalue weighted by molar-refractivity contribution is 6.35. The summed E-state index contributed by atoms with van der Waals surface area (Å²) in [5.41, 5.74) is 1.01. The van der Waals surface area contributed by atoms with Crippen molar-refractivity contribution in [3.05, 3.63) is 52.5 Å². The molecule has 5 heteroatoms. The average molecular weight is 410 g/mol. The van der Waals surface area contributed by atoms with E-state index in [-0.39, 0.29) is 6.10 Å². The summed E-state index contributed by atoms with van der Waals surface area (Å²) in [6, 6.07) is 13.3. The van der Waals surface area contributed by atoms with Crippen LogP contribution in [-0.4, -0.2) is 19.3 Å². The van der Waals surface area contributed by atoms with Crippen molar-refractivity contribution in [3.8, 4) is 11.5 Å². The molecule has 0 heterocycles. The van der Waals surface area contributed by atoms with Gasteiger partial charge in [-0.05, 0) is 43.7 Å². The Morgan fingerprint density at radius 2 is 1.81 bits per heavy atom. The van der Waals surface area contributed by atoms with Crippen LogP contribution in [0, 0.1) is 0 Å². The van der Waals surface area contributed by atoms with Crippen molar-refractivity contribution in [2.24, 2.45) is 0 Å². The van der Waals surface area contributed by atoms with Gasteiger partial charge in [-0.3, -0.25) is 0 Å². The fraction of sp³-hybridized carbons (Fsp3) is 0.455. The number of ether oxygens (including phenoxy) is 2. The largest absolute Gasteiger partial charge is 0.494 e. The zero-order valence-corrected chi connectivity index (χ0v) is 17.7. The Bertz CT molecular complexity index is 694. The number of benzene rings is 2. The molecule has 0 bridgehead atoms. The first kappa shape index (κ1) is 21.7. The van der Waals surface area contributed by atoms with Gasteiger partial charge in [0.15, 0.2) is 0 Å². The quantitative estimate of drug-likeness (QED) is 0.375. The molecule has 0 aliphatic rings. The summed E-state index contributed by atoms with van der Waals surface area (Å²) in [4.78, 5) is 0. The van der Waals surface area contributed by atoms with E-state index < -0.39 is 0 Å². The van der Waals surface area contributed by atoms with E-state index in [4.69, 9.17) is 32.7 Å². The highest BCUT2D eigenvalue weighted by atomic mass is 35.5. The van der Waals surface area contributed by atoms with Crippen LogP contribution in [0.2, 0.25) is 10.0 Å². The van der Waals surface area contributed by atoms with E-state index in [0.29, 0.717) is 22.3 Å². The molecule has 1 N–H and O–H groups in total. The van der Waals surface area contributed by atoms with E-state index in [1.807, 2.05) is 31.2 Å². The first-order valence-electron chi connectivity index (χ1n) is 9.67. The molecule has 2 aromatic carbocycles. The van der Waals surface area contributed by atoms with E-state index in [1.54, 1.807) is 18.2 Å². The lowest BCUT2D eigenvalue weighted by atomic mass is 10.2. The Kier molecular flexibility index (Phi) is 9.65. The fourth-order valence-corrected chi connectivity index (χ4v) is 3.14. The predicted octanol–water partition coefficient (Wildman–Crippen LogP) is 7.22. The number of hydrogen-bond acceptors (Lipinski definition) is 3. The monoisotopic (exact) mass is 409 g/mol. The number of halogens is 2. The van der Waals surface area contributed by atoms with Gasteiger partial charge < -0.3 is 14.8 Å². The van der Waals surface area contributed by atoms with Crippen LogP contribution >= 0.6 is 23.2 Å². The number of nitrogens with one attached hydrogen (secondary N) is 1. The molecular formula is C22H29Cl2NO2. The van der Waals surface area contributed by atoms with E-state index in [1.165, 1.54) is 25.7 Å². The van der Waals surface area contributed by atoms with Crippen LogP contribution in [0.3, 0.4) is 0 Å². The topological polar surface area (TPSA) is 30.5 Å². The normalized spacial score (nSPS) is 11.9. The zero-order chi connectivity index (χ0) is 19.5. The van der Waals surface area contributed by atoms with E-state index >= 15 is 0 Å². The summed E-state index contributed by atoms with van der Waals surface area (Å²) >= 11 is 12.1. The van der Waals surface area contributed by atoms with Gasteiger partial charge in [0.05, 0.1) is 18.2 Å². The Labute approximate surface area is 173 Å². The molecule has 1 atom stereocenters.